The number of amides is 1. The molecule has 4 N–H and O–H groups in total. The highest BCUT2D eigenvalue weighted by molar-refractivity contribution is 5.95. The molecule has 1 amide bonds. The number of hydrogen-bond donors (Lipinski definition) is 3. The van der Waals surface area contributed by atoms with E-state index in [1.54, 1.807) is 0 Å². The van der Waals surface area contributed by atoms with Crippen molar-refractivity contribution < 1.29 is 9.53 Å². The molecule has 1 aromatic rings. The van der Waals surface area contributed by atoms with E-state index in [2.05, 4.69) is 10.6 Å². The number of rotatable bonds is 2. The number of nitrogens with two attached hydrogens (primary N) is 1. The van der Waals surface area contributed by atoms with Gasteiger partial charge >= 0.3 is 0 Å². The van der Waals surface area contributed by atoms with Gasteiger partial charge in [0.2, 0.25) is 0 Å². The molecule has 4 rings (SSSR count). The highest BCUT2D eigenvalue weighted by atomic mass is 16.5. The molecule has 1 heterocycles. The molecule has 1 aromatic carbocycles. The van der Waals surface area contributed by atoms with Crippen molar-refractivity contribution in [2.45, 2.75) is 44.3 Å². The summed E-state index contributed by atoms with van der Waals surface area (Å²) in [7, 11) is 0. The summed E-state index contributed by atoms with van der Waals surface area (Å²) in [6.45, 7) is 2.26. The highest BCUT2D eigenvalue weighted by Crippen LogP contribution is 2.55. The van der Waals surface area contributed by atoms with Gasteiger partial charge in [-0.25, -0.2) is 0 Å². The van der Waals surface area contributed by atoms with Gasteiger partial charge in [-0.1, -0.05) is 12.5 Å². The summed E-state index contributed by atoms with van der Waals surface area (Å²) in [6.07, 6.45) is 4.44. The van der Waals surface area contributed by atoms with Crippen molar-refractivity contribution in [3.05, 3.63) is 29.3 Å². The number of carbonyl (C=O) groups excluding carboxylic acids is 1. The Kier molecular flexibility index (Phi) is 3.35. The molecule has 0 saturated heterocycles. The van der Waals surface area contributed by atoms with E-state index in [4.69, 9.17) is 10.5 Å². The molecule has 1 aliphatic heterocycles. The topological polar surface area (TPSA) is 76.4 Å². The van der Waals surface area contributed by atoms with Crippen LogP contribution in [0.3, 0.4) is 0 Å². The van der Waals surface area contributed by atoms with Crippen LogP contribution in [0.25, 0.3) is 0 Å². The van der Waals surface area contributed by atoms with Crippen molar-refractivity contribution >= 4 is 5.91 Å². The van der Waals surface area contributed by atoms with Crippen LogP contribution in [0.15, 0.2) is 18.2 Å². The Morgan fingerprint density at radius 3 is 3.00 bits per heavy atom. The molecule has 22 heavy (non-hydrogen) atoms. The minimum absolute atomic E-state index is 0.00761. The fraction of sp³-hybridized carbons (Fsp3) is 0.588. The van der Waals surface area contributed by atoms with Gasteiger partial charge in [0.15, 0.2) is 0 Å². The lowest BCUT2D eigenvalue weighted by atomic mass is 9.50. The van der Waals surface area contributed by atoms with Gasteiger partial charge in [0.05, 0.1) is 0 Å². The molecule has 3 aliphatic rings. The molecule has 1 spiro atoms. The minimum Gasteiger partial charge on any atom is -0.492 e. The van der Waals surface area contributed by atoms with Gasteiger partial charge in [0.25, 0.3) is 5.91 Å². The number of nitrogens with one attached hydrogen (secondary N) is 2. The first-order chi connectivity index (χ1) is 10.7. The molecular weight excluding hydrogens is 278 g/mol. The summed E-state index contributed by atoms with van der Waals surface area (Å²) >= 11 is 0. The molecular formula is C17H23N3O2. The zero-order chi connectivity index (χ0) is 15.2. The Balaban J connectivity index is 1.48. The number of ether oxygens (including phenoxy) is 1. The van der Waals surface area contributed by atoms with Gasteiger partial charge in [-0.3, -0.25) is 4.79 Å². The third kappa shape index (κ3) is 2.11. The predicted molar refractivity (Wildman–Crippen MR) is 83.8 cm³/mol. The Hall–Kier alpha value is -1.59. The van der Waals surface area contributed by atoms with Crippen LogP contribution in [0.5, 0.6) is 5.75 Å². The molecule has 0 aromatic heterocycles. The molecule has 2 saturated carbocycles. The molecule has 2 fully saturated rings. The smallest absolute Gasteiger partial charge is 0.251 e. The lowest BCUT2D eigenvalue weighted by Crippen LogP contribution is -2.69. The molecule has 0 bridgehead atoms. The average Bonchev–Trinajstić information content (AvgIpc) is 2.69. The standard InChI is InChI=1S/C17H23N3O2/c18-14-9-15(17(14)4-1-5-17)20-16(21)11-2-3-12-10-19-6-7-22-13(12)8-11/h2-3,8,14-15,19H,1,4-7,9-10,18H2,(H,20,21). The maximum atomic E-state index is 12.5. The Bertz CT molecular complexity index is 598. The van der Waals surface area contributed by atoms with E-state index in [1.165, 1.54) is 6.42 Å². The summed E-state index contributed by atoms with van der Waals surface area (Å²) in [6, 6.07) is 6.23. The first kappa shape index (κ1) is 14.0. The third-order valence-corrected chi connectivity index (χ3v) is 5.69. The molecule has 118 valence electrons. The van der Waals surface area contributed by atoms with Gasteiger partial charge in [0, 0.05) is 41.7 Å². The summed E-state index contributed by atoms with van der Waals surface area (Å²) < 4.78 is 5.71. The predicted octanol–water partition coefficient (Wildman–Crippen LogP) is 1.17. The van der Waals surface area contributed by atoms with E-state index in [0.717, 1.165) is 43.7 Å². The largest absolute Gasteiger partial charge is 0.492 e. The molecule has 5 heteroatoms. The SMILES string of the molecule is NC1CC(NC(=O)c2ccc3c(c2)OCCNC3)C12CCC2. The van der Waals surface area contributed by atoms with Crippen molar-refractivity contribution in [2.24, 2.45) is 11.1 Å². The van der Waals surface area contributed by atoms with Crippen LogP contribution < -0.4 is 21.1 Å². The van der Waals surface area contributed by atoms with E-state index in [-0.39, 0.29) is 23.4 Å². The van der Waals surface area contributed by atoms with Gasteiger partial charge in [-0.15, -0.1) is 0 Å². The zero-order valence-corrected chi connectivity index (χ0v) is 12.7. The van der Waals surface area contributed by atoms with Crippen LogP contribution in [0, 0.1) is 5.41 Å². The number of carbonyl (C=O) groups is 1. The Labute approximate surface area is 130 Å². The van der Waals surface area contributed by atoms with Crippen LogP contribution in [0.4, 0.5) is 0 Å². The van der Waals surface area contributed by atoms with Crippen molar-refractivity contribution in [1.82, 2.24) is 10.6 Å². The van der Waals surface area contributed by atoms with Crippen LogP contribution in [-0.2, 0) is 6.54 Å². The average molecular weight is 301 g/mol. The minimum atomic E-state index is -0.00761. The van der Waals surface area contributed by atoms with Crippen LogP contribution in [0.1, 0.15) is 41.6 Å². The zero-order valence-electron chi connectivity index (χ0n) is 12.7. The number of benzene rings is 1. The normalized spacial score (nSPS) is 28.6. The lowest BCUT2D eigenvalue weighted by molar-refractivity contribution is -0.0389. The number of hydrogen-bond acceptors (Lipinski definition) is 4. The third-order valence-electron chi connectivity index (χ3n) is 5.69. The van der Waals surface area contributed by atoms with Crippen molar-refractivity contribution in [3.63, 3.8) is 0 Å². The van der Waals surface area contributed by atoms with Crippen LogP contribution in [-0.4, -0.2) is 31.1 Å². The number of fused-ring (bicyclic) bond motifs is 1. The van der Waals surface area contributed by atoms with Gasteiger partial charge < -0.3 is 21.1 Å². The first-order valence-electron chi connectivity index (χ1n) is 8.22. The second kappa shape index (κ2) is 5.25. The van der Waals surface area contributed by atoms with Crippen molar-refractivity contribution in [3.8, 4) is 5.75 Å². The van der Waals surface area contributed by atoms with E-state index >= 15 is 0 Å². The summed E-state index contributed by atoms with van der Waals surface area (Å²) in [5.74, 6) is 0.813. The highest BCUT2D eigenvalue weighted by Gasteiger charge is 2.57. The molecule has 2 unspecified atom stereocenters. The fourth-order valence-corrected chi connectivity index (χ4v) is 4.00. The fourth-order valence-electron chi connectivity index (χ4n) is 4.00. The quantitative estimate of drug-likeness (QED) is 0.766. The summed E-state index contributed by atoms with van der Waals surface area (Å²) in [4.78, 5) is 12.5. The van der Waals surface area contributed by atoms with Crippen molar-refractivity contribution in [1.29, 1.82) is 0 Å². The van der Waals surface area contributed by atoms with E-state index < -0.39 is 0 Å². The first-order valence-corrected chi connectivity index (χ1v) is 8.22. The molecule has 5 nitrogen and oxygen atoms in total. The van der Waals surface area contributed by atoms with Crippen LogP contribution >= 0.6 is 0 Å². The Morgan fingerprint density at radius 1 is 1.41 bits per heavy atom. The maximum Gasteiger partial charge on any atom is 0.251 e. The molecule has 0 radical (unpaired) electrons. The van der Waals surface area contributed by atoms with Gasteiger partial charge in [-0.05, 0) is 31.4 Å². The second-order valence-electron chi connectivity index (χ2n) is 6.80. The van der Waals surface area contributed by atoms with Crippen LogP contribution in [0.2, 0.25) is 0 Å². The van der Waals surface area contributed by atoms with E-state index in [9.17, 15) is 4.79 Å². The van der Waals surface area contributed by atoms with Gasteiger partial charge in [-0.2, -0.15) is 0 Å². The summed E-state index contributed by atoms with van der Waals surface area (Å²) in [5, 5.41) is 6.48. The van der Waals surface area contributed by atoms with Crippen molar-refractivity contribution in [2.75, 3.05) is 13.2 Å². The second-order valence-corrected chi connectivity index (χ2v) is 6.80. The summed E-state index contributed by atoms with van der Waals surface area (Å²) in [5.41, 5.74) is 8.12. The molecule has 2 aliphatic carbocycles. The maximum absolute atomic E-state index is 12.5. The molecule has 2 atom stereocenters. The van der Waals surface area contributed by atoms with E-state index in [0.29, 0.717) is 12.2 Å². The monoisotopic (exact) mass is 301 g/mol. The van der Waals surface area contributed by atoms with Gasteiger partial charge in [0.1, 0.15) is 12.4 Å². The van der Waals surface area contributed by atoms with E-state index in [1.807, 2.05) is 18.2 Å². The Morgan fingerprint density at radius 2 is 2.27 bits per heavy atom. The lowest BCUT2D eigenvalue weighted by Gasteiger charge is -2.60.